The SMILES string of the molecule is CCCCC(=O)O[C@H]1C(=O)c2c(cc(O[Si](C)(C)C)cc2O[Si](C)(C)C)O[C@@H]1c1ccccc1. The number of esters is 1. The first-order chi connectivity index (χ1) is 15.9. The van der Waals surface area contributed by atoms with Gasteiger partial charge < -0.3 is 18.3 Å². The molecule has 0 N–H and O–H groups in total. The van der Waals surface area contributed by atoms with Gasteiger partial charge in [0.25, 0.3) is 0 Å². The van der Waals surface area contributed by atoms with Crippen LogP contribution in [0.5, 0.6) is 17.2 Å². The van der Waals surface area contributed by atoms with E-state index in [-0.39, 0.29) is 12.2 Å². The molecule has 0 spiro atoms. The number of unbranched alkanes of at least 4 members (excludes halogenated alkanes) is 1. The van der Waals surface area contributed by atoms with E-state index in [0.717, 1.165) is 12.0 Å². The highest BCUT2D eigenvalue weighted by atomic mass is 28.4. The van der Waals surface area contributed by atoms with Gasteiger partial charge in [0.15, 0.2) is 6.10 Å². The summed E-state index contributed by atoms with van der Waals surface area (Å²) in [6, 6.07) is 12.9. The van der Waals surface area contributed by atoms with E-state index in [1.54, 1.807) is 12.1 Å². The van der Waals surface area contributed by atoms with E-state index in [1.165, 1.54) is 0 Å². The van der Waals surface area contributed by atoms with Gasteiger partial charge in [0.05, 0.1) is 0 Å². The Balaban J connectivity index is 2.11. The van der Waals surface area contributed by atoms with Gasteiger partial charge in [-0.3, -0.25) is 9.59 Å². The summed E-state index contributed by atoms with van der Waals surface area (Å²) in [7, 11) is -4.01. The largest absolute Gasteiger partial charge is 0.544 e. The molecule has 34 heavy (non-hydrogen) atoms. The fraction of sp³-hybridized carbons (Fsp3) is 0.462. The molecule has 0 saturated carbocycles. The fourth-order valence-electron chi connectivity index (χ4n) is 3.73. The molecule has 2 atom stereocenters. The third-order valence-electron chi connectivity index (χ3n) is 5.03. The summed E-state index contributed by atoms with van der Waals surface area (Å²) in [5, 5.41) is 0. The number of ketones is 1. The molecule has 8 heteroatoms. The molecule has 0 radical (unpaired) electrons. The minimum absolute atomic E-state index is 0.260. The lowest BCUT2D eigenvalue weighted by Crippen LogP contribution is -2.41. The van der Waals surface area contributed by atoms with Crippen molar-refractivity contribution in [1.82, 2.24) is 0 Å². The van der Waals surface area contributed by atoms with Crippen molar-refractivity contribution in [2.45, 2.75) is 77.7 Å². The summed E-state index contributed by atoms with van der Waals surface area (Å²) in [5.41, 5.74) is 1.07. The number of Topliss-reactive ketones (excluding diaryl/α,β-unsaturated/α-hetero) is 1. The molecule has 184 valence electrons. The van der Waals surface area contributed by atoms with Gasteiger partial charge in [0, 0.05) is 18.6 Å². The predicted molar refractivity (Wildman–Crippen MR) is 138 cm³/mol. The molecule has 2 aromatic carbocycles. The zero-order valence-corrected chi connectivity index (χ0v) is 23.3. The molecule has 0 aromatic heterocycles. The minimum Gasteiger partial charge on any atom is -0.544 e. The standard InChI is InChI=1S/C26H36O6Si2/c1-8-9-15-22(27)30-26-24(28)23-20(29-25(26)18-13-11-10-12-14-18)16-19(31-33(2,3)4)17-21(23)32-34(5,6)7/h10-14,16-17,25-26H,8-9,15H2,1-7H3/t25-,26+/m1/s1. The van der Waals surface area contributed by atoms with Gasteiger partial charge in [-0.2, -0.15) is 0 Å². The Morgan fingerprint density at radius 3 is 2.21 bits per heavy atom. The molecule has 0 aliphatic carbocycles. The summed E-state index contributed by atoms with van der Waals surface area (Å²) in [5.74, 6) is 0.719. The first kappa shape index (κ1) is 26.0. The monoisotopic (exact) mass is 500 g/mol. The number of hydrogen-bond donors (Lipinski definition) is 0. The van der Waals surface area contributed by atoms with Crippen LogP contribution in [0.15, 0.2) is 42.5 Å². The van der Waals surface area contributed by atoms with E-state index in [2.05, 4.69) is 39.3 Å². The van der Waals surface area contributed by atoms with Crippen molar-refractivity contribution in [1.29, 1.82) is 0 Å². The maximum absolute atomic E-state index is 13.9. The van der Waals surface area contributed by atoms with Crippen LogP contribution in [0.25, 0.3) is 0 Å². The van der Waals surface area contributed by atoms with Gasteiger partial charge in [-0.1, -0.05) is 43.7 Å². The van der Waals surface area contributed by atoms with Crippen molar-refractivity contribution >= 4 is 28.4 Å². The van der Waals surface area contributed by atoms with E-state index in [0.29, 0.717) is 29.2 Å². The third kappa shape index (κ3) is 6.73. The van der Waals surface area contributed by atoms with Gasteiger partial charge in [0.1, 0.15) is 22.8 Å². The number of rotatable bonds is 9. The second kappa shape index (κ2) is 10.4. The van der Waals surface area contributed by atoms with Gasteiger partial charge in [-0.15, -0.1) is 0 Å². The van der Waals surface area contributed by atoms with Crippen LogP contribution >= 0.6 is 0 Å². The molecule has 0 saturated heterocycles. The van der Waals surface area contributed by atoms with Crippen LogP contribution in [0.2, 0.25) is 39.3 Å². The van der Waals surface area contributed by atoms with E-state index >= 15 is 0 Å². The highest BCUT2D eigenvalue weighted by Crippen LogP contribution is 2.44. The Hall–Kier alpha value is -2.59. The number of fused-ring (bicyclic) bond motifs is 1. The maximum atomic E-state index is 13.9. The summed E-state index contributed by atoms with van der Waals surface area (Å²) >= 11 is 0. The van der Waals surface area contributed by atoms with Gasteiger partial charge in [-0.25, -0.2) is 0 Å². The lowest BCUT2D eigenvalue weighted by atomic mass is 9.92. The van der Waals surface area contributed by atoms with Gasteiger partial charge in [0.2, 0.25) is 28.5 Å². The quantitative estimate of drug-likeness (QED) is 0.288. The van der Waals surface area contributed by atoms with Crippen molar-refractivity contribution in [2.75, 3.05) is 0 Å². The molecular weight excluding hydrogens is 464 g/mol. The zero-order chi connectivity index (χ0) is 25.1. The fourth-order valence-corrected chi connectivity index (χ4v) is 5.37. The van der Waals surface area contributed by atoms with E-state index < -0.39 is 34.8 Å². The number of benzene rings is 2. The number of carbonyl (C=O) groups is 2. The van der Waals surface area contributed by atoms with Crippen LogP contribution in [-0.4, -0.2) is 34.5 Å². The lowest BCUT2D eigenvalue weighted by Gasteiger charge is -2.34. The average molecular weight is 501 g/mol. The highest BCUT2D eigenvalue weighted by Gasteiger charge is 2.43. The number of ether oxygens (including phenoxy) is 2. The second-order valence-electron chi connectivity index (χ2n) is 10.6. The lowest BCUT2D eigenvalue weighted by molar-refractivity contribution is -0.151. The highest BCUT2D eigenvalue weighted by molar-refractivity contribution is 6.71. The molecule has 1 aliphatic heterocycles. The van der Waals surface area contributed by atoms with Gasteiger partial charge in [-0.05, 0) is 51.3 Å². The summed E-state index contributed by atoms with van der Waals surface area (Å²) < 4.78 is 24.7. The molecule has 0 fully saturated rings. The molecular formula is C26H36O6Si2. The first-order valence-corrected chi connectivity index (χ1v) is 18.7. The normalized spacial score (nSPS) is 18.0. The zero-order valence-electron chi connectivity index (χ0n) is 21.3. The molecule has 1 aliphatic rings. The maximum Gasteiger partial charge on any atom is 0.306 e. The Labute approximate surface area is 204 Å². The Morgan fingerprint density at radius 2 is 1.62 bits per heavy atom. The minimum atomic E-state index is -2.08. The topological polar surface area (TPSA) is 71.1 Å². The molecule has 1 heterocycles. The van der Waals surface area contributed by atoms with Crippen molar-refractivity contribution in [2.24, 2.45) is 0 Å². The molecule has 0 bridgehead atoms. The number of carbonyl (C=O) groups excluding carboxylic acids is 2. The molecule has 3 rings (SSSR count). The number of hydrogen-bond acceptors (Lipinski definition) is 6. The smallest absolute Gasteiger partial charge is 0.306 e. The van der Waals surface area contributed by atoms with Crippen LogP contribution in [0.1, 0.15) is 48.2 Å². The Kier molecular flexibility index (Phi) is 7.93. The average Bonchev–Trinajstić information content (AvgIpc) is 2.72. The molecule has 0 amide bonds. The van der Waals surface area contributed by atoms with E-state index in [9.17, 15) is 9.59 Å². The Morgan fingerprint density at radius 1 is 0.971 bits per heavy atom. The second-order valence-corrected chi connectivity index (χ2v) is 19.4. The van der Waals surface area contributed by atoms with Crippen molar-refractivity contribution < 1.29 is 27.9 Å². The molecule has 6 nitrogen and oxygen atoms in total. The first-order valence-electron chi connectivity index (χ1n) is 11.9. The van der Waals surface area contributed by atoms with Crippen LogP contribution < -0.4 is 13.6 Å². The van der Waals surface area contributed by atoms with Crippen molar-refractivity contribution in [3.8, 4) is 17.2 Å². The molecule has 2 aromatic rings. The van der Waals surface area contributed by atoms with Crippen LogP contribution in [0.4, 0.5) is 0 Å². The summed E-state index contributed by atoms with van der Waals surface area (Å²) in [6.07, 6.45) is -0.0196. The van der Waals surface area contributed by atoms with E-state index in [1.807, 2.05) is 37.3 Å². The van der Waals surface area contributed by atoms with Crippen LogP contribution in [0.3, 0.4) is 0 Å². The summed E-state index contributed by atoms with van der Waals surface area (Å²) in [6.45, 7) is 14.4. The van der Waals surface area contributed by atoms with Crippen LogP contribution in [-0.2, 0) is 9.53 Å². The molecule has 0 unspecified atom stereocenters. The van der Waals surface area contributed by atoms with Crippen LogP contribution in [0, 0.1) is 0 Å². The van der Waals surface area contributed by atoms with E-state index in [4.69, 9.17) is 18.3 Å². The summed E-state index contributed by atoms with van der Waals surface area (Å²) in [4.78, 5) is 26.4. The van der Waals surface area contributed by atoms with Crippen molar-refractivity contribution in [3.05, 3.63) is 53.6 Å². The third-order valence-corrected chi connectivity index (χ3v) is 6.71. The van der Waals surface area contributed by atoms with Gasteiger partial charge >= 0.3 is 5.97 Å². The Bertz CT molecular complexity index is 1020. The predicted octanol–water partition coefficient (Wildman–Crippen LogP) is 6.53. The van der Waals surface area contributed by atoms with Crippen molar-refractivity contribution in [3.63, 3.8) is 0 Å².